The molecule has 7 N–H and O–H groups in total. The number of ether oxygens (including phenoxy) is 1. The van der Waals surface area contributed by atoms with E-state index in [-0.39, 0.29) is 28.7 Å². The molecular weight excluding hydrogens is 428 g/mol. The Labute approximate surface area is 177 Å². The Morgan fingerprint density at radius 2 is 2.16 bits per heavy atom. The Bertz CT molecular complexity index is 1260. The summed E-state index contributed by atoms with van der Waals surface area (Å²) < 4.78 is 6.70. The molecule has 4 rings (SSSR count). The van der Waals surface area contributed by atoms with Crippen LogP contribution in [0.2, 0.25) is 0 Å². The predicted molar refractivity (Wildman–Crippen MR) is 110 cm³/mol. The second-order valence-electron chi connectivity index (χ2n) is 6.88. The molecule has 4 atom stereocenters. The first-order valence-electron chi connectivity index (χ1n) is 9.24. The quantitative estimate of drug-likeness (QED) is 0.148. The van der Waals surface area contributed by atoms with E-state index in [0.717, 1.165) is 0 Å². The number of hydrazone groups is 1. The molecule has 3 heterocycles. The molecule has 1 aliphatic rings. The van der Waals surface area contributed by atoms with Crippen molar-refractivity contribution in [3.8, 4) is 0 Å². The summed E-state index contributed by atoms with van der Waals surface area (Å²) in [5, 5.41) is 44.8. The van der Waals surface area contributed by atoms with Gasteiger partial charge in [-0.2, -0.15) is 10.1 Å². The number of benzene rings is 1. The summed E-state index contributed by atoms with van der Waals surface area (Å²) in [6.45, 7) is -0.564. The number of nitro groups is 1. The summed E-state index contributed by atoms with van der Waals surface area (Å²) in [4.78, 5) is 33.1. The number of aliphatic hydroxyl groups is 3. The third-order valence-electron chi connectivity index (χ3n) is 4.80. The number of H-pyrrole nitrogens is 1. The zero-order valence-corrected chi connectivity index (χ0v) is 16.2. The number of nitro benzene ring substituents is 1. The molecule has 32 heavy (non-hydrogen) atoms. The minimum Gasteiger partial charge on any atom is -0.394 e. The van der Waals surface area contributed by atoms with Crippen LogP contribution in [-0.2, 0) is 4.74 Å². The largest absolute Gasteiger partial charge is 0.394 e. The fourth-order valence-corrected chi connectivity index (χ4v) is 3.30. The van der Waals surface area contributed by atoms with Gasteiger partial charge in [-0.1, -0.05) is 12.1 Å². The van der Waals surface area contributed by atoms with Crippen LogP contribution in [0.25, 0.3) is 11.2 Å². The minimum absolute atomic E-state index is 0.0610. The number of anilines is 2. The number of nitrogens with two attached hydrogens (primary N) is 1. The Morgan fingerprint density at radius 3 is 2.84 bits per heavy atom. The highest BCUT2D eigenvalue weighted by atomic mass is 16.6. The number of non-ortho nitro benzene ring substituents is 1. The van der Waals surface area contributed by atoms with Gasteiger partial charge in [0.15, 0.2) is 17.4 Å². The average Bonchev–Trinajstić information content (AvgIpc) is 3.25. The van der Waals surface area contributed by atoms with Crippen LogP contribution in [0, 0.1) is 10.1 Å². The number of rotatable bonds is 6. The van der Waals surface area contributed by atoms with Crippen LogP contribution >= 0.6 is 0 Å². The Morgan fingerprint density at radius 1 is 1.38 bits per heavy atom. The summed E-state index contributed by atoms with van der Waals surface area (Å²) >= 11 is 0. The summed E-state index contributed by atoms with van der Waals surface area (Å²) in [6.07, 6.45) is -4.00. The van der Waals surface area contributed by atoms with E-state index in [2.05, 4.69) is 25.5 Å². The highest BCUT2D eigenvalue weighted by Gasteiger charge is 2.45. The van der Waals surface area contributed by atoms with E-state index < -0.39 is 41.6 Å². The highest BCUT2D eigenvalue weighted by molar-refractivity contribution is 5.81. The fourth-order valence-electron chi connectivity index (χ4n) is 3.30. The number of nitrogens with one attached hydrogen (secondary N) is 2. The third kappa shape index (κ3) is 3.76. The number of hydrogen-bond donors (Lipinski definition) is 6. The molecule has 0 bridgehead atoms. The van der Waals surface area contributed by atoms with E-state index in [1.54, 1.807) is 6.07 Å². The number of nitrogen functional groups attached to an aromatic ring is 1. The van der Waals surface area contributed by atoms with Crippen LogP contribution in [0.5, 0.6) is 0 Å². The molecule has 1 saturated heterocycles. The summed E-state index contributed by atoms with van der Waals surface area (Å²) in [5.41, 5.74) is 7.61. The van der Waals surface area contributed by atoms with Gasteiger partial charge in [0.2, 0.25) is 11.9 Å². The van der Waals surface area contributed by atoms with Gasteiger partial charge >= 0.3 is 0 Å². The maximum atomic E-state index is 12.3. The first kappa shape index (κ1) is 21.3. The maximum Gasteiger partial charge on any atom is 0.280 e. The normalized spacial score (nSPS) is 23.2. The zero-order valence-electron chi connectivity index (χ0n) is 16.2. The van der Waals surface area contributed by atoms with Crippen molar-refractivity contribution in [1.82, 2.24) is 19.5 Å². The number of aromatic nitrogens is 4. The molecule has 0 spiro atoms. The minimum atomic E-state index is -1.49. The van der Waals surface area contributed by atoms with E-state index in [1.807, 2.05) is 0 Å². The van der Waals surface area contributed by atoms with Crippen molar-refractivity contribution in [2.75, 3.05) is 17.8 Å². The molecule has 1 aromatic carbocycles. The van der Waals surface area contributed by atoms with Gasteiger partial charge in [-0.25, -0.2) is 10.4 Å². The number of nitrogens with zero attached hydrogens (tertiary/aromatic N) is 5. The highest BCUT2D eigenvalue weighted by Crippen LogP contribution is 2.33. The van der Waals surface area contributed by atoms with Crippen molar-refractivity contribution in [1.29, 1.82) is 0 Å². The monoisotopic (exact) mass is 446 g/mol. The van der Waals surface area contributed by atoms with Gasteiger partial charge in [0.1, 0.15) is 18.3 Å². The number of aromatic amines is 1. The first-order valence-corrected chi connectivity index (χ1v) is 9.24. The van der Waals surface area contributed by atoms with Gasteiger partial charge < -0.3 is 25.8 Å². The van der Waals surface area contributed by atoms with E-state index in [0.29, 0.717) is 5.56 Å². The molecule has 168 valence electrons. The number of imidazole rings is 1. The van der Waals surface area contributed by atoms with Crippen molar-refractivity contribution in [3.05, 3.63) is 50.3 Å². The predicted octanol–water partition coefficient (Wildman–Crippen LogP) is -1.33. The lowest BCUT2D eigenvalue weighted by molar-refractivity contribution is -0.384. The van der Waals surface area contributed by atoms with Gasteiger partial charge in [0.25, 0.3) is 11.2 Å². The first-order chi connectivity index (χ1) is 15.3. The van der Waals surface area contributed by atoms with Crippen LogP contribution in [0.4, 0.5) is 17.6 Å². The maximum absolute atomic E-state index is 12.3. The van der Waals surface area contributed by atoms with Gasteiger partial charge in [-0.3, -0.25) is 24.5 Å². The zero-order chi connectivity index (χ0) is 23.0. The van der Waals surface area contributed by atoms with Crippen LogP contribution in [0.1, 0.15) is 11.8 Å². The second-order valence-corrected chi connectivity index (χ2v) is 6.88. The van der Waals surface area contributed by atoms with Crippen LogP contribution in [0.3, 0.4) is 0 Å². The van der Waals surface area contributed by atoms with E-state index in [9.17, 15) is 30.2 Å². The Kier molecular flexibility index (Phi) is 5.54. The number of hydrogen-bond acceptors (Lipinski definition) is 12. The fraction of sp³-hybridized carbons (Fsp3) is 0.294. The van der Waals surface area contributed by atoms with E-state index >= 15 is 0 Å². The van der Waals surface area contributed by atoms with Gasteiger partial charge in [0.05, 0.1) is 17.7 Å². The molecule has 0 radical (unpaired) electrons. The molecular formula is C17H18N8O7. The van der Waals surface area contributed by atoms with Gasteiger partial charge in [-0.05, 0) is 0 Å². The summed E-state index contributed by atoms with van der Waals surface area (Å²) in [7, 11) is 0. The molecule has 15 heteroatoms. The van der Waals surface area contributed by atoms with Crippen molar-refractivity contribution < 1.29 is 25.0 Å². The van der Waals surface area contributed by atoms with E-state index in [4.69, 9.17) is 10.5 Å². The molecule has 1 aliphatic heterocycles. The number of aliphatic hydroxyl groups excluding tert-OH is 3. The third-order valence-corrected chi connectivity index (χ3v) is 4.80. The van der Waals surface area contributed by atoms with Crippen LogP contribution < -0.4 is 16.7 Å². The molecule has 15 nitrogen and oxygen atoms in total. The topological polar surface area (TPSA) is 227 Å². The molecule has 3 aromatic rings. The molecule has 1 fully saturated rings. The Balaban J connectivity index is 1.74. The SMILES string of the molecule is Nc1nc2c(nc(N/N=C\c3cccc([N+](=O)[O-])c3)n2[C@@H]2O[C@@H](CO)[C@@H](O)[C@H]2O)c(=O)[nH]1. The smallest absolute Gasteiger partial charge is 0.280 e. The van der Waals surface area contributed by atoms with Crippen LogP contribution in [-0.4, -0.2) is 70.9 Å². The lowest BCUT2D eigenvalue weighted by Gasteiger charge is -2.18. The average molecular weight is 446 g/mol. The number of fused-ring (bicyclic) bond motifs is 1. The van der Waals surface area contributed by atoms with Crippen molar-refractivity contribution >= 4 is 35.0 Å². The van der Waals surface area contributed by atoms with Crippen molar-refractivity contribution in [2.45, 2.75) is 24.5 Å². The second kappa shape index (κ2) is 8.31. The van der Waals surface area contributed by atoms with Crippen LogP contribution in [0.15, 0.2) is 34.2 Å². The van der Waals surface area contributed by atoms with Crippen molar-refractivity contribution in [2.24, 2.45) is 5.10 Å². The van der Waals surface area contributed by atoms with E-state index in [1.165, 1.54) is 29.0 Å². The van der Waals surface area contributed by atoms with Gasteiger partial charge in [0, 0.05) is 17.7 Å². The standard InChI is InChI=1S/C17H18N8O7/c18-16-21-13-10(14(29)22-16)20-17(24(13)15-12(28)11(27)9(6-26)32-15)23-19-5-7-2-1-3-8(4-7)25(30)31/h1-5,9,11-12,15,26-28H,6H2,(H,20,23)(H3,18,21,22,29)/b19-5-/t9-,11+,12+,15+/m0/s1. The van der Waals surface area contributed by atoms with Crippen molar-refractivity contribution in [3.63, 3.8) is 0 Å². The lowest BCUT2D eigenvalue weighted by Crippen LogP contribution is -2.33. The molecule has 0 unspecified atom stereocenters. The Hall–Kier alpha value is -3.92. The summed E-state index contributed by atoms with van der Waals surface area (Å²) in [6, 6.07) is 5.70. The summed E-state index contributed by atoms with van der Waals surface area (Å²) in [5.74, 6) is -0.317. The molecule has 0 aliphatic carbocycles. The molecule has 0 amide bonds. The lowest BCUT2D eigenvalue weighted by atomic mass is 10.1. The van der Waals surface area contributed by atoms with Gasteiger partial charge in [-0.15, -0.1) is 0 Å². The molecule has 2 aromatic heterocycles. The molecule has 0 saturated carbocycles.